The van der Waals surface area contributed by atoms with Gasteiger partial charge in [0, 0.05) is 39.0 Å². The molecule has 1 saturated heterocycles. The van der Waals surface area contributed by atoms with Crippen LogP contribution in [0.1, 0.15) is 29.7 Å². The third-order valence-electron chi connectivity index (χ3n) is 5.24. The molecule has 4 rings (SSSR count). The summed E-state index contributed by atoms with van der Waals surface area (Å²) in [6.07, 6.45) is 2.53. The van der Waals surface area contributed by atoms with Gasteiger partial charge in [0.05, 0.1) is 6.20 Å². The van der Waals surface area contributed by atoms with Gasteiger partial charge in [0.25, 0.3) is 0 Å². The molecule has 1 aliphatic heterocycles. The van der Waals surface area contributed by atoms with Gasteiger partial charge in [-0.1, -0.05) is 19.1 Å². The first-order valence-electron chi connectivity index (χ1n) is 10.5. The zero-order valence-corrected chi connectivity index (χ0v) is 18.1. The van der Waals surface area contributed by atoms with Crippen LogP contribution >= 0.6 is 0 Å². The number of aryl methyl sites for hydroxylation is 1. The zero-order valence-electron chi connectivity index (χ0n) is 18.1. The van der Waals surface area contributed by atoms with Crippen LogP contribution in [0, 0.1) is 17.1 Å². The number of anilines is 3. The first-order valence-corrected chi connectivity index (χ1v) is 10.5. The Hall–Kier alpha value is -3.71. The molecule has 10 heteroatoms. The van der Waals surface area contributed by atoms with Crippen molar-refractivity contribution in [3.8, 4) is 6.07 Å². The maximum atomic E-state index is 13.2. The van der Waals surface area contributed by atoms with Crippen LogP contribution < -0.4 is 10.2 Å². The maximum Gasteiger partial charge on any atom is 0.233 e. The van der Waals surface area contributed by atoms with Crippen LogP contribution in [-0.4, -0.2) is 63.0 Å². The van der Waals surface area contributed by atoms with Crippen molar-refractivity contribution in [1.82, 2.24) is 29.8 Å². The van der Waals surface area contributed by atoms with Gasteiger partial charge in [-0.15, -0.1) is 0 Å². The van der Waals surface area contributed by atoms with Crippen molar-refractivity contribution in [2.45, 2.75) is 19.8 Å². The Kier molecular flexibility index (Phi) is 6.47. The van der Waals surface area contributed by atoms with E-state index in [1.807, 2.05) is 6.92 Å². The number of rotatable bonds is 6. The quantitative estimate of drug-likeness (QED) is 0.627. The van der Waals surface area contributed by atoms with E-state index in [-0.39, 0.29) is 11.4 Å². The van der Waals surface area contributed by atoms with E-state index < -0.39 is 0 Å². The smallest absolute Gasteiger partial charge is 0.233 e. The lowest BCUT2D eigenvalue weighted by atomic mass is 10.1. The SMILES string of the molecule is CCc1nc(Nc2nc(Cc3ccc(F)cc3)ncc2C#N)nc(N2CCN(C)CC2)n1. The van der Waals surface area contributed by atoms with Crippen molar-refractivity contribution in [3.05, 3.63) is 59.1 Å². The normalized spacial score (nSPS) is 14.2. The number of benzene rings is 1. The minimum Gasteiger partial charge on any atom is -0.338 e. The van der Waals surface area contributed by atoms with Crippen LogP contribution in [-0.2, 0) is 12.8 Å². The number of nitriles is 1. The Morgan fingerprint density at radius 1 is 1.03 bits per heavy atom. The van der Waals surface area contributed by atoms with E-state index in [0.717, 1.165) is 31.7 Å². The molecule has 1 aliphatic rings. The highest BCUT2D eigenvalue weighted by molar-refractivity contribution is 5.58. The summed E-state index contributed by atoms with van der Waals surface area (Å²) < 4.78 is 13.2. The van der Waals surface area contributed by atoms with E-state index in [0.29, 0.717) is 42.2 Å². The van der Waals surface area contributed by atoms with Crippen LogP contribution in [0.2, 0.25) is 0 Å². The summed E-state index contributed by atoms with van der Waals surface area (Å²) in [5.41, 5.74) is 1.15. The minimum absolute atomic E-state index is 0.285. The number of nitrogens with zero attached hydrogens (tertiary/aromatic N) is 8. The van der Waals surface area contributed by atoms with E-state index in [4.69, 9.17) is 0 Å². The molecule has 1 N–H and O–H groups in total. The van der Waals surface area contributed by atoms with Gasteiger partial charge in [-0.2, -0.15) is 20.2 Å². The lowest BCUT2D eigenvalue weighted by Gasteiger charge is -2.32. The molecule has 1 aromatic carbocycles. The predicted molar refractivity (Wildman–Crippen MR) is 118 cm³/mol. The Bertz CT molecular complexity index is 1120. The van der Waals surface area contributed by atoms with Crippen molar-refractivity contribution in [1.29, 1.82) is 5.26 Å². The predicted octanol–water partition coefficient (Wildman–Crippen LogP) is 2.32. The van der Waals surface area contributed by atoms with Gasteiger partial charge in [0.15, 0.2) is 5.82 Å². The molecule has 0 radical (unpaired) electrons. The van der Waals surface area contributed by atoms with Crippen LogP contribution in [0.25, 0.3) is 0 Å². The molecule has 3 aromatic rings. The van der Waals surface area contributed by atoms with Crippen LogP contribution in [0.5, 0.6) is 0 Å². The molecule has 9 nitrogen and oxygen atoms in total. The molecule has 32 heavy (non-hydrogen) atoms. The third-order valence-corrected chi connectivity index (χ3v) is 5.24. The maximum absolute atomic E-state index is 13.2. The fourth-order valence-electron chi connectivity index (χ4n) is 3.34. The van der Waals surface area contributed by atoms with Gasteiger partial charge in [0.1, 0.15) is 29.1 Å². The zero-order chi connectivity index (χ0) is 22.5. The van der Waals surface area contributed by atoms with Crippen LogP contribution in [0.15, 0.2) is 30.5 Å². The Morgan fingerprint density at radius 2 is 1.78 bits per heavy atom. The minimum atomic E-state index is -0.297. The van der Waals surface area contributed by atoms with Gasteiger partial charge in [-0.05, 0) is 24.7 Å². The summed E-state index contributed by atoms with van der Waals surface area (Å²) in [5, 5.41) is 12.6. The Morgan fingerprint density at radius 3 is 2.47 bits per heavy atom. The van der Waals surface area contributed by atoms with Gasteiger partial charge in [0.2, 0.25) is 11.9 Å². The highest BCUT2D eigenvalue weighted by atomic mass is 19.1. The number of aromatic nitrogens is 5. The van der Waals surface area contributed by atoms with Crippen LogP contribution in [0.4, 0.5) is 22.1 Å². The first-order chi connectivity index (χ1) is 15.5. The second-order valence-electron chi connectivity index (χ2n) is 7.61. The highest BCUT2D eigenvalue weighted by Gasteiger charge is 2.19. The molecule has 0 aliphatic carbocycles. The van der Waals surface area contributed by atoms with Crippen molar-refractivity contribution in [2.24, 2.45) is 0 Å². The Labute approximate surface area is 186 Å². The van der Waals surface area contributed by atoms with Crippen LogP contribution in [0.3, 0.4) is 0 Å². The summed E-state index contributed by atoms with van der Waals surface area (Å²) in [6.45, 7) is 5.53. The lowest BCUT2D eigenvalue weighted by molar-refractivity contribution is 0.311. The average Bonchev–Trinajstić information content (AvgIpc) is 2.81. The summed E-state index contributed by atoms with van der Waals surface area (Å²) >= 11 is 0. The molecule has 1 fully saturated rings. The van der Waals surface area contributed by atoms with Crippen molar-refractivity contribution >= 4 is 17.7 Å². The average molecular weight is 433 g/mol. The molecule has 0 bridgehead atoms. The molecule has 0 atom stereocenters. The standard InChI is InChI=1S/C22H24FN9/c1-3-18-27-21(30-22(28-18)32-10-8-31(2)9-11-32)29-20-16(13-24)14-25-19(26-20)12-15-4-6-17(23)7-5-15/h4-7,14H,3,8-12H2,1-2H3,(H,25,26,27,28,29,30). The van der Waals surface area contributed by atoms with Gasteiger partial charge in [-0.25, -0.2) is 14.4 Å². The number of halogens is 1. The van der Waals surface area contributed by atoms with E-state index >= 15 is 0 Å². The number of likely N-dealkylation sites (N-methyl/N-ethyl adjacent to an activating group) is 1. The topological polar surface area (TPSA) is 107 Å². The van der Waals surface area contributed by atoms with E-state index in [1.54, 1.807) is 12.1 Å². The first kappa shape index (κ1) is 21.5. The molecule has 0 spiro atoms. The largest absolute Gasteiger partial charge is 0.338 e. The van der Waals surface area contributed by atoms with E-state index in [2.05, 4.69) is 53.2 Å². The number of piperazine rings is 1. The second-order valence-corrected chi connectivity index (χ2v) is 7.61. The lowest BCUT2D eigenvalue weighted by Crippen LogP contribution is -2.45. The molecule has 0 amide bonds. The molecule has 164 valence electrons. The monoisotopic (exact) mass is 433 g/mol. The number of hydrogen-bond acceptors (Lipinski definition) is 9. The summed E-state index contributed by atoms with van der Waals surface area (Å²) in [6, 6.07) is 8.27. The Balaban J connectivity index is 1.60. The number of nitrogens with one attached hydrogen (secondary N) is 1. The molecule has 2 aromatic heterocycles. The summed E-state index contributed by atoms with van der Waals surface area (Å²) in [4.78, 5) is 26.8. The molecular formula is C22H24FN9. The van der Waals surface area contributed by atoms with Crippen molar-refractivity contribution in [2.75, 3.05) is 43.4 Å². The van der Waals surface area contributed by atoms with Gasteiger partial charge in [-0.3, -0.25) is 0 Å². The van der Waals surface area contributed by atoms with Crippen molar-refractivity contribution < 1.29 is 4.39 Å². The molecule has 3 heterocycles. The number of hydrogen-bond donors (Lipinski definition) is 1. The van der Waals surface area contributed by atoms with E-state index in [9.17, 15) is 9.65 Å². The van der Waals surface area contributed by atoms with Gasteiger partial charge < -0.3 is 15.1 Å². The highest BCUT2D eigenvalue weighted by Crippen LogP contribution is 2.19. The second kappa shape index (κ2) is 9.62. The van der Waals surface area contributed by atoms with Crippen molar-refractivity contribution in [3.63, 3.8) is 0 Å². The van der Waals surface area contributed by atoms with E-state index in [1.165, 1.54) is 18.3 Å². The molecular weight excluding hydrogens is 409 g/mol. The summed E-state index contributed by atoms with van der Waals surface area (Å²) in [5.74, 6) is 2.16. The van der Waals surface area contributed by atoms with Gasteiger partial charge >= 0.3 is 0 Å². The fourth-order valence-corrected chi connectivity index (χ4v) is 3.34. The molecule has 0 unspecified atom stereocenters. The fraction of sp³-hybridized carbons (Fsp3) is 0.364. The summed E-state index contributed by atoms with van der Waals surface area (Å²) in [7, 11) is 2.09. The molecule has 0 saturated carbocycles. The third kappa shape index (κ3) is 5.12.